The number of hydrogen-bond donors (Lipinski definition) is 1. The van der Waals surface area contributed by atoms with Gasteiger partial charge in [0.1, 0.15) is 12.5 Å². The van der Waals surface area contributed by atoms with Crippen molar-refractivity contribution >= 4 is 50.3 Å². The molecule has 1 aromatic heterocycles. The third kappa shape index (κ3) is 6.64. The summed E-state index contributed by atoms with van der Waals surface area (Å²) >= 11 is 11.5. The van der Waals surface area contributed by atoms with E-state index in [1.54, 1.807) is 0 Å². The van der Waals surface area contributed by atoms with Crippen LogP contribution in [0.4, 0.5) is 28.9 Å². The molecule has 0 fully saturated rings. The number of aromatic nitrogens is 1. The van der Waals surface area contributed by atoms with Crippen LogP contribution < -0.4 is 10.2 Å². The Morgan fingerprint density at radius 1 is 1.11 bits per heavy atom. The van der Waals surface area contributed by atoms with Crippen LogP contribution in [0.15, 0.2) is 59.6 Å². The Morgan fingerprint density at radius 2 is 1.78 bits per heavy atom. The average Bonchev–Trinajstić information content (AvgIpc) is 2.81. The lowest BCUT2D eigenvalue weighted by Gasteiger charge is -2.19. The summed E-state index contributed by atoms with van der Waals surface area (Å²) in [4.78, 5) is 17.5. The normalized spacial score (nSPS) is 11.9. The first kappa shape index (κ1) is 27.7. The Bertz CT molecular complexity index is 1370. The van der Waals surface area contributed by atoms with E-state index in [2.05, 4.69) is 10.3 Å². The number of rotatable bonds is 8. The van der Waals surface area contributed by atoms with Crippen molar-refractivity contribution in [2.45, 2.75) is 11.1 Å². The highest BCUT2D eigenvalue weighted by Crippen LogP contribution is 2.36. The van der Waals surface area contributed by atoms with Gasteiger partial charge >= 0.3 is 6.18 Å². The SMILES string of the molecule is CN(C(=O)c1ncc(Cl)cc1NCOCS(=O)(=O)c1ccc(Cl)c(C(F)(F)F)c1)c1ccc(F)cc1. The van der Waals surface area contributed by atoms with Gasteiger partial charge in [-0.3, -0.25) is 4.79 Å². The predicted molar refractivity (Wildman–Crippen MR) is 126 cm³/mol. The fourth-order valence-corrected chi connectivity index (χ4v) is 4.34. The summed E-state index contributed by atoms with van der Waals surface area (Å²) in [6.45, 7) is -0.457. The van der Waals surface area contributed by atoms with Gasteiger partial charge in [0.05, 0.1) is 26.2 Å². The molecule has 7 nitrogen and oxygen atoms in total. The van der Waals surface area contributed by atoms with E-state index in [1.807, 2.05) is 0 Å². The first-order chi connectivity index (χ1) is 16.8. The summed E-state index contributed by atoms with van der Waals surface area (Å²) in [6, 6.07) is 8.70. The van der Waals surface area contributed by atoms with Gasteiger partial charge in [-0.2, -0.15) is 13.2 Å². The summed E-state index contributed by atoms with van der Waals surface area (Å²) in [5.41, 5.74) is -0.899. The number of halogens is 6. The molecule has 3 rings (SSSR count). The van der Waals surface area contributed by atoms with Crippen LogP contribution in [0.5, 0.6) is 0 Å². The Kier molecular flexibility index (Phi) is 8.44. The van der Waals surface area contributed by atoms with E-state index in [4.69, 9.17) is 27.9 Å². The van der Waals surface area contributed by atoms with Crippen molar-refractivity contribution < 1.29 is 35.5 Å². The van der Waals surface area contributed by atoms with Crippen molar-refractivity contribution in [2.24, 2.45) is 0 Å². The van der Waals surface area contributed by atoms with Crippen LogP contribution in [0.2, 0.25) is 10.0 Å². The molecule has 0 spiro atoms. The van der Waals surface area contributed by atoms with E-state index in [0.29, 0.717) is 11.8 Å². The van der Waals surface area contributed by atoms with Crippen LogP contribution in [-0.2, 0) is 20.8 Å². The van der Waals surface area contributed by atoms with Gasteiger partial charge in [-0.1, -0.05) is 23.2 Å². The van der Waals surface area contributed by atoms with Crippen molar-refractivity contribution in [3.8, 4) is 0 Å². The fourth-order valence-electron chi connectivity index (χ4n) is 2.95. The minimum Gasteiger partial charge on any atom is -0.361 e. The Labute approximate surface area is 213 Å². The van der Waals surface area contributed by atoms with E-state index in [9.17, 15) is 30.8 Å². The second kappa shape index (κ2) is 11.0. The number of nitrogens with one attached hydrogen (secondary N) is 1. The lowest BCUT2D eigenvalue weighted by Crippen LogP contribution is -2.28. The Balaban J connectivity index is 1.70. The van der Waals surface area contributed by atoms with Crippen LogP contribution in [0.25, 0.3) is 0 Å². The summed E-state index contributed by atoms with van der Waals surface area (Å²) < 4.78 is 82.3. The van der Waals surface area contributed by atoms with E-state index in [1.165, 1.54) is 48.5 Å². The number of anilines is 2. The van der Waals surface area contributed by atoms with Crippen molar-refractivity contribution in [3.63, 3.8) is 0 Å². The molecule has 0 unspecified atom stereocenters. The van der Waals surface area contributed by atoms with Crippen LogP contribution in [0, 0.1) is 5.82 Å². The first-order valence-corrected chi connectivity index (χ1v) is 12.3. The fraction of sp³-hybridized carbons (Fsp3) is 0.182. The quantitative estimate of drug-likeness (QED) is 0.216. The number of pyridine rings is 1. The van der Waals surface area contributed by atoms with Gasteiger partial charge in [0.15, 0.2) is 11.6 Å². The molecule has 1 N–H and O–H groups in total. The Hall–Kier alpha value is -2.93. The lowest BCUT2D eigenvalue weighted by molar-refractivity contribution is -0.137. The maximum Gasteiger partial charge on any atom is 0.417 e. The molecule has 0 atom stereocenters. The molecule has 2 aromatic carbocycles. The topological polar surface area (TPSA) is 88.6 Å². The van der Waals surface area contributed by atoms with Crippen LogP contribution in [0.1, 0.15) is 16.1 Å². The highest BCUT2D eigenvalue weighted by molar-refractivity contribution is 7.91. The van der Waals surface area contributed by atoms with E-state index in [-0.39, 0.29) is 16.4 Å². The number of carbonyl (C=O) groups is 1. The highest BCUT2D eigenvalue weighted by Gasteiger charge is 2.34. The molecule has 0 aliphatic rings. The van der Waals surface area contributed by atoms with Crippen molar-refractivity contribution in [2.75, 3.05) is 29.9 Å². The largest absolute Gasteiger partial charge is 0.417 e. The molecule has 192 valence electrons. The number of alkyl halides is 3. The monoisotopic (exact) mass is 565 g/mol. The molecule has 0 aliphatic heterocycles. The zero-order valence-corrected chi connectivity index (χ0v) is 20.6. The predicted octanol–water partition coefficient (Wildman–Crippen LogP) is 5.64. The summed E-state index contributed by atoms with van der Waals surface area (Å²) in [5, 5.41) is 2.20. The molecule has 0 saturated carbocycles. The molecule has 0 radical (unpaired) electrons. The third-order valence-electron chi connectivity index (χ3n) is 4.78. The molecule has 0 saturated heterocycles. The summed E-state index contributed by atoms with van der Waals surface area (Å²) in [6.07, 6.45) is -3.61. The molecule has 14 heteroatoms. The number of sulfone groups is 1. The molecule has 1 heterocycles. The molecule has 36 heavy (non-hydrogen) atoms. The van der Waals surface area contributed by atoms with Crippen LogP contribution in [0.3, 0.4) is 0 Å². The van der Waals surface area contributed by atoms with Gasteiger partial charge in [-0.15, -0.1) is 0 Å². The standard InChI is InChI=1S/C22H17Cl2F4N3O4S/c1-31(15-4-2-14(25)3-5-15)21(32)20-19(8-13(23)10-29-20)30-11-35-12-36(33,34)16-6-7-18(24)17(9-16)22(26,27)28/h2-10,30H,11-12H2,1H3. The second-order valence-corrected chi connectivity index (χ2v) is 10.1. The van der Waals surface area contributed by atoms with E-state index >= 15 is 0 Å². The maximum absolute atomic E-state index is 13.2. The molecule has 0 aliphatic carbocycles. The average molecular weight is 566 g/mol. The van der Waals surface area contributed by atoms with Gasteiger partial charge in [-0.05, 0) is 48.5 Å². The number of hydrogen-bond acceptors (Lipinski definition) is 6. The Morgan fingerprint density at radius 3 is 2.42 bits per heavy atom. The third-order valence-corrected chi connectivity index (χ3v) is 6.77. The lowest BCUT2D eigenvalue weighted by atomic mass is 10.2. The summed E-state index contributed by atoms with van der Waals surface area (Å²) in [7, 11) is -2.83. The molecule has 1 amide bonds. The van der Waals surface area contributed by atoms with E-state index < -0.39 is 55.9 Å². The zero-order chi connectivity index (χ0) is 26.7. The first-order valence-electron chi connectivity index (χ1n) is 9.90. The molecule has 0 bridgehead atoms. The molecule has 3 aromatic rings. The van der Waals surface area contributed by atoms with Gasteiger partial charge in [0, 0.05) is 18.9 Å². The van der Waals surface area contributed by atoms with Gasteiger partial charge in [0.2, 0.25) is 9.84 Å². The number of carbonyl (C=O) groups excluding carboxylic acids is 1. The van der Waals surface area contributed by atoms with E-state index in [0.717, 1.165) is 12.1 Å². The number of benzene rings is 2. The zero-order valence-electron chi connectivity index (χ0n) is 18.3. The molecular formula is C22H17Cl2F4N3O4S. The summed E-state index contributed by atoms with van der Waals surface area (Å²) in [5.74, 6) is -2.03. The smallest absolute Gasteiger partial charge is 0.361 e. The van der Waals surface area contributed by atoms with Crippen molar-refractivity contribution in [1.82, 2.24) is 4.98 Å². The number of nitrogens with zero attached hydrogens (tertiary/aromatic N) is 2. The van der Waals surface area contributed by atoms with Gasteiger partial charge in [0.25, 0.3) is 5.91 Å². The minimum atomic E-state index is -4.84. The number of amides is 1. The number of ether oxygens (including phenoxy) is 1. The van der Waals surface area contributed by atoms with Crippen LogP contribution in [-0.4, -0.2) is 39.0 Å². The van der Waals surface area contributed by atoms with Crippen molar-refractivity contribution in [1.29, 1.82) is 0 Å². The van der Waals surface area contributed by atoms with Gasteiger partial charge in [-0.25, -0.2) is 17.8 Å². The second-order valence-electron chi connectivity index (χ2n) is 7.29. The molecular weight excluding hydrogens is 549 g/mol. The minimum absolute atomic E-state index is 0.0924. The highest BCUT2D eigenvalue weighted by atomic mass is 35.5. The van der Waals surface area contributed by atoms with Crippen molar-refractivity contribution in [3.05, 3.63) is 81.8 Å². The van der Waals surface area contributed by atoms with Gasteiger partial charge < -0.3 is 15.0 Å². The van der Waals surface area contributed by atoms with Crippen LogP contribution >= 0.6 is 23.2 Å². The maximum atomic E-state index is 13.2.